The number of sulfone groups is 1. The van der Waals surface area contributed by atoms with E-state index in [1.54, 1.807) is 3.11 Å². The minimum Gasteiger partial charge on any atom is -0.496 e. The Hall–Kier alpha value is -2.20. The van der Waals surface area contributed by atoms with Crippen molar-refractivity contribution in [2.75, 3.05) is 12.4 Å². The van der Waals surface area contributed by atoms with E-state index in [4.69, 9.17) is 4.74 Å². The summed E-state index contributed by atoms with van der Waals surface area (Å²) in [5.74, 6) is -0.662. The molecule has 0 heterocycles. The van der Waals surface area contributed by atoms with Crippen LogP contribution in [0, 0.1) is 31.6 Å². The Morgan fingerprint density at radius 2 is 1.75 bits per heavy atom. The van der Waals surface area contributed by atoms with Crippen molar-refractivity contribution in [3.05, 3.63) is 71.3 Å². The molecule has 0 spiro atoms. The normalized spacial score (nSPS) is 21.3. The SMILES string of the molecule is COc1cc(C)c(-c2ccc(C)c(P)c2)cc1C(=O)N(I)[C@@H]1[C@H]2CC[C@H](C2)[C@@H]1C(=O)Nc1cccc(S(=O)(=O)C(F)(F)P)c1. The van der Waals surface area contributed by atoms with Gasteiger partial charge in [0.05, 0.1) is 52.4 Å². The number of carbonyl (C=O) groups excluding carboxylic acids is 2. The van der Waals surface area contributed by atoms with Crippen LogP contribution in [0.4, 0.5) is 14.5 Å². The average molecular weight is 773 g/mol. The molecule has 6 atom stereocenters. The first kappa shape index (κ1) is 33.2. The Labute approximate surface area is 274 Å². The van der Waals surface area contributed by atoms with Crippen LogP contribution >= 0.6 is 41.3 Å². The first-order valence-electron chi connectivity index (χ1n) is 14.0. The molecule has 0 aliphatic heterocycles. The maximum Gasteiger partial charge on any atom is 0.359 e. The number of methoxy groups -OCH3 is 1. The molecular weight excluding hydrogens is 739 g/mol. The van der Waals surface area contributed by atoms with E-state index in [9.17, 15) is 26.8 Å². The summed E-state index contributed by atoms with van der Waals surface area (Å²) in [6.45, 7) is 3.99. The first-order valence-corrected chi connectivity index (χ1v) is 17.6. The van der Waals surface area contributed by atoms with Crippen LogP contribution in [0.1, 0.15) is 40.7 Å². The third kappa shape index (κ3) is 6.14. The number of benzene rings is 3. The highest BCUT2D eigenvalue weighted by Crippen LogP contribution is 2.52. The number of hydrogen-bond acceptors (Lipinski definition) is 5. The fourth-order valence-corrected chi connectivity index (χ4v) is 9.07. The number of aryl methyl sites for hydroxylation is 2. The van der Waals surface area contributed by atoms with Gasteiger partial charge in [0, 0.05) is 5.69 Å². The largest absolute Gasteiger partial charge is 0.496 e. The molecule has 2 amide bonds. The second kappa shape index (κ2) is 12.5. The highest BCUT2D eigenvalue weighted by atomic mass is 127. The van der Waals surface area contributed by atoms with Crippen LogP contribution in [-0.4, -0.2) is 41.5 Å². The number of fused-ring (bicyclic) bond motifs is 2. The van der Waals surface area contributed by atoms with Gasteiger partial charge in [0.2, 0.25) is 15.7 Å². The summed E-state index contributed by atoms with van der Waals surface area (Å²) in [5, 5.41) is 3.80. The number of alkyl halides is 2. The fourth-order valence-electron chi connectivity index (χ4n) is 6.47. The number of ether oxygens (including phenoxy) is 1. The smallest absolute Gasteiger partial charge is 0.359 e. The van der Waals surface area contributed by atoms with Crippen LogP contribution in [0.3, 0.4) is 0 Å². The Balaban J connectivity index is 1.44. The summed E-state index contributed by atoms with van der Waals surface area (Å²) in [7, 11) is 0.333. The van der Waals surface area contributed by atoms with Gasteiger partial charge in [0.25, 0.3) is 5.91 Å². The Morgan fingerprint density at radius 1 is 1.05 bits per heavy atom. The summed E-state index contributed by atoms with van der Waals surface area (Å²) < 4.78 is 59.3. The molecule has 2 aliphatic carbocycles. The molecule has 7 nitrogen and oxygen atoms in total. The van der Waals surface area contributed by atoms with Gasteiger partial charge in [-0.2, -0.15) is 8.78 Å². The van der Waals surface area contributed by atoms with E-state index in [-0.39, 0.29) is 29.3 Å². The van der Waals surface area contributed by atoms with Crippen LogP contribution in [0.5, 0.6) is 5.75 Å². The molecule has 2 aliphatic rings. The number of nitrogens with zero attached hydrogens (tertiary/aromatic N) is 1. The van der Waals surface area contributed by atoms with Gasteiger partial charge < -0.3 is 10.1 Å². The zero-order valence-corrected chi connectivity index (χ0v) is 29.6. The van der Waals surface area contributed by atoms with Crippen molar-refractivity contribution >= 4 is 74.0 Å². The first-order chi connectivity index (χ1) is 20.6. The Bertz CT molecular complexity index is 1750. The molecule has 2 fully saturated rings. The molecule has 0 saturated heterocycles. The lowest BCUT2D eigenvalue weighted by atomic mass is 9.83. The lowest BCUT2D eigenvalue weighted by Crippen LogP contribution is -2.46. The number of anilines is 1. The van der Waals surface area contributed by atoms with Crippen molar-refractivity contribution in [3.63, 3.8) is 0 Å². The number of hydrogen-bond donors (Lipinski definition) is 1. The molecule has 1 N–H and O–H groups in total. The molecule has 2 bridgehead atoms. The minimum atomic E-state index is -4.96. The van der Waals surface area contributed by atoms with Gasteiger partial charge in [-0.05, 0) is 118 Å². The summed E-state index contributed by atoms with van der Waals surface area (Å²) in [4.78, 5) is 23.2. The van der Waals surface area contributed by atoms with Crippen LogP contribution in [0.15, 0.2) is 59.5 Å². The third-order valence-corrected chi connectivity index (χ3v) is 13.0. The summed E-state index contributed by atoms with van der Waals surface area (Å²) in [5.41, 5.74) is 4.43. The minimum absolute atomic E-state index is 0.0295. The number of amides is 2. The van der Waals surface area contributed by atoms with Crippen molar-refractivity contribution < 1.29 is 31.5 Å². The summed E-state index contributed by atoms with van der Waals surface area (Å²) in [6.07, 6.45) is 2.48. The maximum atomic E-state index is 14.1. The van der Waals surface area contributed by atoms with Gasteiger partial charge in [-0.1, -0.05) is 18.2 Å². The van der Waals surface area contributed by atoms with Crippen molar-refractivity contribution in [1.82, 2.24) is 3.11 Å². The summed E-state index contributed by atoms with van der Waals surface area (Å²) >= 11 is 1.99. The number of rotatable bonds is 8. The van der Waals surface area contributed by atoms with E-state index in [1.807, 2.05) is 61.0 Å². The highest BCUT2D eigenvalue weighted by Gasteiger charge is 2.54. The van der Waals surface area contributed by atoms with Gasteiger partial charge in [-0.3, -0.25) is 12.7 Å². The number of nitrogens with one attached hydrogen (secondary N) is 1. The second-order valence-corrected chi connectivity index (χ2v) is 16.3. The van der Waals surface area contributed by atoms with Crippen LogP contribution in [0.25, 0.3) is 11.1 Å². The predicted molar refractivity (Wildman–Crippen MR) is 182 cm³/mol. The molecule has 234 valence electrons. The average Bonchev–Trinajstić information content (AvgIpc) is 3.59. The van der Waals surface area contributed by atoms with Crippen LogP contribution < -0.4 is 15.4 Å². The Morgan fingerprint density at radius 3 is 2.41 bits per heavy atom. The molecule has 2 unspecified atom stereocenters. The quantitative estimate of drug-likeness (QED) is 0.160. The van der Waals surface area contributed by atoms with Gasteiger partial charge in [0.15, 0.2) is 0 Å². The molecule has 2 saturated carbocycles. The Kier molecular flexibility index (Phi) is 9.45. The summed E-state index contributed by atoms with van der Waals surface area (Å²) in [6, 6.07) is 14.2. The van der Waals surface area contributed by atoms with Crippen molar-refractivity contribution in [2.24, 2.45) is 17.8 Å². The number of halogens is 3. The molecule has 44 heavy (non-hydrogen) atoms. The van der Waals surface area contributed by atoms with Gasteiger partial charge >= 0.3 is 5.00 Å². The molecule has 13 heteroatoms. The van der Waals surface area contributed by atoms with Crippen LogP contribution in [0.2, 0.25) is 0 Å². The fraction of sp³-hybridized carbons (Fsp3) is 0.355. The monoisotopic (exact) mass is 772 g/mol. The van der Waals surface area contributed by atoms with Crippen molar-refractivity contribution in [3.8, 4) is 16.9 Å². The van der Waals surface area contributed by atoms with E-state index in [0.29, 0.717) is 11.3 Å². The van der Waals surface area contributed by atoms with Crippen LogP contribution in [-0.2, 0) is 14.6 Å². The maximum absolute atomic E-state index is 14.1. The van der Waals surface area contributed by atoms with Crippen molar-refractivity contribution in [1.29, 1.82) is 0 Å². The lowest BCUT2D eigenvalue weighted by molar-refractivity contribution is -0.122. The molecule has 5 rings (SSSR count). The molecule has 0 aromatic heterocycles. The molecule has 0 radical (unpaired) electrons. The predicted octanol–water partition coefficient (Wildman–Crippen LogP) is 6.52. The van der Waals surface area contributed by atoms with E-state index < -0.39 is 31.7 Å². The van der Waals surface area contributed by atoms with Gasteiger partial charge in [-0.15, -0.1) is 9.24 Å². The van der Waals surface area contributed by atoms with E-state index >= 15 is 0 Å². The van der Waals surface area contributed by atoms with E-state index in [0.717, 1.165) is 68.2 Å². The van der Waals surface area contributed by atoms with Gasteiger partial charge in [-0.25, -0.2) is 8.42 Å². The lowest BCUT2D eigenvalue weighted by Gasteiger charge is -2.35. The molecule has 3 aromatic rings. The topological polar surface area (TPSA) is 92.8 Å². The third-order valence-electron chi connectivity index (χ3n) is 8.77. The standard InChI is InChI=1S/C31H33F2IN2O5P2S/c1-16-7-8-18(13-26(16)42)23-15-24(25(41-3)11-17(23)2)30(38)36(34)28-20-10-9-19(12-20)27(28)29(37)35-21-5-4-6-22(14-21)44(39,40)31(32,33)43/h4-8,11,13-15,19-20,27-28H,9-10,12,42-43H2,1-3H3,(H,35,37)/t19-,20+,27+,28-/m1/s1. The molecule has 3 aromatic carbocycles. The second-order valence-electron chi connectivity index (χ2n) is 11.5. The van der Waals surface area contributed by atoms with Crippen molar-refractivity contribution in [2.45, 2.75) is 49.0 Å². The zero-order valence-electron chi connectivity index (χ0n) is 24.3. The molecular formula is C31H33F2IN2O5P2S. The van der Waals surface area contributed by atoms with Gasteiger partial charge in [0.1, 0.15) is 5.75 Å². The zero-order chi connectivity index (χ0) is 32.1. The van der Waals surface area contributed by atoms with E-state index in [1.165, 1.54) is 19.2 Å². The van der Waals surface area contributed by atoms with E-state index in [2.05, 4.69) is 20.6 Å². The number of carbonyl (C=O) groups is 2. The highest BCUT2D eigenvalue weighted by molar-refractivity contribution is 14.1.